The van der Waals surface area contributed by atoms with Gasteiger partial charge in [0.05, 0.1) is 0 Å². The molecule has 1 saturated heterocycles. The van der Waals surface area contributed by atoms with Crippen LogP contribution in [0, 0.1) is 6.92 Å². The average Bonchev–Trinajstić information content (AvgIpc) is 2.80. The molecule has 0 aliphatic carbocycles. The van der Waals surface area contributed by atoms with E-state index in [0.29, 0.717) is 18.4 Å². The van der Waals surface area contributed by atoms with Crippen LogP contribution in [-0.2, 0) is 11.2 Å². The van der Waals surface area contributed by atoms with Gasteiger partial charge in [-0.2, -0.15) is 0 Å². The zero-order chi connectivity index (χ0) is 21.6. The fraction of sp³-hybridized carbons (Fsp3) is 0.333. The van der Waals surface area contributed by atoms with Gasteiger partial charge in [0, 0.05) is 38.3 Å². The second kappa shape index (κ2) is 9.88. The minimum Gasteiger partial charge on any atom is -0.356 e. The van der Waals surface area contributed by atoms with Gasteiger partial charge in [0.1, 0.15) is 0 Å². The summed E-state index contributed by atoms with van der Waals surface area (Å²) in [6.07, 6.45) is 5.83. The molecule has 4 heteroatoms. The minimum absolute atomic E-state index is 0.0157. The van der Waals surface area contributed by atoms with Gasteiger partial charge in [-0.25, -0.2) is 0 Å². The smallest absolute Gasteiger partial charge is 0.216 e. The number of aromatic nitrogens is 1. The van der Waals surface area contributed by atoms with Gasteiger partial charge in [-0.05, 0) is 71.7 Å². The number of rotatable bonds is 6. The molecule has 4 rings (SSSR count). The highest BCUT2D eigenvalue weighted by molar-refractivity contribution is 5.73. The number of hydrogen-bond donors (Lipinski definition) is 2. The third-order valence-corrected chi connectivity index (χ3v) is 6.36. The minimum atomic E-state index is 0.0157. The van der Waals surface area contributed by atoms with Crippen molar-refractivity contribution in [3.05, 3.63) is 89.2 Å². The van der Waals surface area contributed by atoms with Gasteiger partial charge in [0.25, 0.3) is 0 Å². The molecule has 2 heterocycles. The number of amides is 1. The van der Waals surface area contributed by atoms with E-state index in [0.717, 1.165) is 25.9 Å². The summed E-state index contributed by atoms with van der Waals surface area (Å²) in [6, 6.07) is 19.6. The Balaban J connectivity index is 1.61. The molecule has 3 aromatic rings. The number of hydrogen-bond acceptors (Lipinski definition) is 3. The molecule has 0 spiro atoms. The Bertz CT molecular complexity index is 1030. The molecular formula is C27H31N3O. The summed E-state index contributed by atoms with van der Waals surface area (Å²) in [5.74, 6) is 0.952. The van der Waals surface area contributed by atoms with Crippen molar-refractivity contribution in [1.82, 2.24) is 15.6 Å². The molecule has 1 fully saturated rings. The summed E-state index contributed by atoms with van der Waals surface area (Å²) < 4.78 is 0. The lowest BCUT2D eigenvalue weighted by molar-refractivity contribution is -0.118. The topological polar surface area (TPSA) is 54.0 Å². The van der Waals surface area contributed by atoms with Crippen LogP contribution in [0.1, 0.15) is 47.4 Å². The number of pyridine rings is 1. The summed E-state index contributed by atoms with van der Waals surface area (Å²) in [4.78, 5) is 15.6. The standard InChI is InChI=1S/C27H31N3O/c1-19-16-22(25-8-4-3-6-21(25)11-15-30-20(2)31)9-10-24(19)27-18-29-14-12-26(27)23-7-5-13-28-17-23/h3-10,13,16-17,26-27,29H,11-12,14-15,18H2,1-2H3,(H,30,31)/t26-,27-/m0/s1. The highest BCUT2D eigenvalue weighted by Crippen LogP contribution is 2.39. The molecule has 2 aromatic carbocycles. The number of carbonyl (C=O) groups excluding carboxylic acids is 1. The van der Waals surface area contributed by atoms with Gasteiger partial charge in [0.2, 0.25) is 5.91 Å². The Kier molecular flexibility index (Phi) is 6.78. The third-order valence-electron chi connectivity index (χ3n) is 6.36. The van der Waals surface area contributed by atoms with Gasteiger partial charge in [-0.3, -0.25) is 9.78 Å². The van der Waals surface area contributed by atoms with Crippen molar-refractivity contribution in [2.75, 3.05) is 19.6 Å². The SMILES string of the molecule is CC(=O)NCCc1ccccc1-c1ccc([C@@H]2CNCC[C@H]2c2cccnc2)c(C)c1. The van der Waals surface area contributed by atoms with Gasteiger partial charge < -0.3 is 10.6 Å². The maximum absolute atomic E-state index is 11.2. The highest BCUT2D eigenvalue weighted by Gasteiger charge is 2.29. The summed E-state index contributed by atoms with van der Waals surface area (Å²) >= 11 is 0. The molecular weight excluding hydrogens is 382 g/mol. The lowest BCUT2D eigenvalue weighted by Crippen LogP contribution is -2.34. The lowest BCUT2D eigenvalue weighted by atomic mass is 9.76. The van der Waals surface area contributed by atoms with Crippen molar-refractivity contribution < 1.29 is 4.79 Å². The number of aryl methyl sites for hydroxylation is 1. The molecule has 1 aliphatic rings. The molecule has 1 aliphatic heterocycles. The van der Waals surface area contributed by atoms with Gasteiger partial charge in [-0.15, -0.1) is 0 Å². The molecule has 0 unspecified atom stereocenters. The Morgan fingerprint density at radius 1 is 1.13 bits per heavy atom. The fourth-order valence-corrected chi connectivity index (χ4v) is 4.83. The van der Waals surface area contributed by atoms with Gasteiger partial charge in [-0.1, -0.05) is 48.5 Å². The third kappa shape index (κ3) is 5.02. The molecule has 31 heavy (non-hydrogen) atoms. The van der Waals surface area contributed by atoms with E-state index in [1.807, 2.05) is 18.5 Å². The van der Waals surface area contributed by atoms with Crippen LogP contribution in [0.3, 0.4) is 0 Å². The van der Waals surface area contributed by atoms with Crippen molar-refractivity contribution in [3.63, 3.8) is 0 Å². The van der Waals surface area contributed by atoms with E-state index < -0.39 is 0 Å². The Labute approximate surface area is 185 Å². The van der Waals surface area contributed by atoms with Crippen LogP contribution in [0.4, 0.5) is 0 Å². The molecule has 1 aromatic heterocycles. The van der Waals surface area contributed by atoms with Crippen molar-refractivity contribution >= 4 is 5.91 Å². The first-order valence-corrected chi connectivity index (χ1v) is 11.2. The normalized spacial score (nSPS) is 18.5. The number of nitrogens with zero attached hydrogens (tertiary/aromatic N) is 1. The Morgan fingerprint density at radius 2 is 2.00 bits per heavy atom. The number of benzene rings is 2. The van der Waals surface area contributed by atoms with E-state index in [1.165, 1.54) is 33.4 Å². The number of piperidine rings is 1. The van der Waals surface area contributed by atoms with E-state index >= 15 is 0 Å². The van der Waals surface area contributed by atoms with Crippen LogP contribution in [-0.4, -0.2) is 30.5 Å². The maximum Gasteiger partial charge on any atom is 0.216 e. The van der Waals surface area contributed by atoms with Crippen LogP contribution < -0.4 is 10.6 Å². The Morgan fingerprint density at radius 3 is 2.77 bits per heavy atom. The second-order valence-electron chi connectivity index (χ2n) is 8.45. The average molecular weight is 414 g/mol. The van der Waals surface area contributed by atoms with Crippen molar-refractivity contribution in [2.24, 2.45) is 0 Å². The molecule has 0 radical (unpaired) electrons. The maximum atomic E-state index is 11.2. The molecule has 160 valence electrons. The second-order valence-corrected chi connectivity index (χ2v) is 8.45. The predicted molar refractivity (Wildman–Crippen MR) is 126 cm³/mol. The summed E-state index contributed by atoms with van der Waals surface area (Å²) in [6.45, 7) is 6.49. The van der Waals surface area contributed by atoms with Crippen molar-refractivity contribution in [1.29, 1.82) is 0 Å². The number of carbonyl (C=O) groups is 1. The van der Waals surface area contributed by atoms with E-state index in [4.69, 9.17) is 0 Å². The Hall–Kier alpha value is -2.98. The highest BCUT2D eigenvalue weighted by atomic mass is 16.1. The van der Waals surface area contributed by atoms with E-state index in [2.05, 4.69) is 71.1 Å². The van der Waals surface area contributed by atoms with E-state index in [-0.39, 0.29) is 5.91 Å². The molecule has 0 saturated carbocycles. The van der Waals surface area contributed by atoms with Crippen molar-refractivity contribution in [2.45, 2.75) is 38.5 Å². The zero-order valence-corrected chi connectivity index (χ0v) is 18.4. The van der Waals surface area contributed by atoms with Crippen LogP contribution >= 0.6 is 0 Å². The summed E-state index contributed by atoms with van der Waals surface area (Å²) in [7, 11) is 0. The quantitative estimate of drug-likeness (QED) is 0.621. The van der Waals surface area contributed by atoms with E-state index in [9.17, 15) is 4.79 Å². The monoisotopic (exact) mass is 413 g/mol. The molecule has 2 atom stereocenters. The van der Waals surface area contributed by atoms with Gasteiger partial charge in [0.15, 0.2) is 0 Å². The summed E-state index contributed by atoms with van der Waals surface area (Å²) in [5, 5.41) is 6.50. The van der Waals surface area contributed by atoms with Crippen LogP contribution in [0.15, 0.2) is 67.0 Å². The predicted octanol–water partition coefficient (Wildman–Crippen LogP) is 4.60. The van der Waals surface area contributed by atoms with Crippen molar-refractivity contribution in [3.8, 4) is 11.1 Å². The number of nitrogens with one attached hydrogen (secondary N) is 2. The van der Waals surface area contributed by atoms with Crippen LogP contribution in [0.25, 0.3) is 11.1 Å². The van der Waals surface area contributed by atoms with Crippen LogP contribution in [0.2, 0.25) is 0 Å². The first-order chi connectivity index (χ1) is 15.1. The lowest BCUT2D eigenvalue weighted by Gasteiger charge is -2.34. The zero-order valence-electron chi connectivity index (χ0n) is 18.4. The molecule has 2 N–H and O–H groups in total. The van der Waals surface area contributed by atoms with E-state index in [1.54, 1.807) is 6.92 Å². The molecule has 4 nitrogen and oxygen atoms in total. The first kappa shape index (κ1) is 21.3. The summed E-state index contributed by atoms with van der Waals surface area (Å²) in [5.41, 5.74) is 7.82. The fourth-order valence-electron chi connectivity index (χ4n) is 4.83. The van der Waals surface area contributed by atoms with Gasteiger partial charge >= 0.3 is 0 Å². The molecule has 0 bridgehead atoms. The first-order valence-electron chi connectivity index (χ1n) is 11.2. The molecule has 1 amide bonds. The largest absolute Gasteiger partial charge is 0.356 e. The van der Waals surface area contributed by atoms with Crippen LogP contribution in [0.5, 0.6) is 0 Å².